The first-order chi connectivity index (χ1) is 10.7. The van der Waals surface area contributed by atoms with E-state index in [2.05, 4.69) is 12.1 Å². The second-order valence-corrected chi connectivity index (χ2v) is 5.82. The Bertz CT molecular complexity index is 652. The molecule has 114 valence electrons. The summed E-state index contributed by atoms with van der Waals surface area (Å²) < 4.78 is 5.45. The zero-order valence-corrected chi connectivity index (χ0v) is 12.9. The number of ether oxygens (including phenoxy) is 1. The molecule has 0 spiro atoms. The molecule has 22 heavy (non-hydrogen) atoms. The maximum absolute atomic E-state index is 12.4. The summed E-state index contributed by atoms with van der Waals surface area (Å²) in [6, 6.07) is 16.4. The Labute approximate surface area is 131 Å². The third-order valence-corrected chi connectivity index (χ3v) is 4.09. The van der Waals surface area contributed by atoms with Crippen molar-refractivity contribution in [1.82, 2.24) is 4.90 Å². The molecule has 0 radical (unpaired) electrons. The van der Waals surface area contributed by atoms with E-state index in [-0.39, 0.29) is 5.91 Å². The molecule has 3 heteroatoms. The molecule has 1 heterocycles. The van der Waals surface area contributed by atoms with Crippen molar-refractivity contribution >= 4 is 5.91 Å². The molecule has 0 aromatic heterocycles. The van der Waals surface area contributed by atoms with Crippen molar-refractivity contribution in [3.05, 3.63) is 70.8 Å². The van der Waals surface area contributed by atoms with E-state index in [4.69, 9.17) is 4.74 Å². The third kappa shape index (κ3) is 3.55. The second-order valence-electron chi connectivity index (χ2n) is 5.82. The number of carbonyl (C=O) groups is 1. The SMILES string of the molecule is CN(Cc1ccccc1)C(=O)Cc1ccc2c(c1)CCOC2. The summed E-state index contributed by atoms with van der Waals surface area (Å²) in [5, 5.41) is 0. The van der Waals surface area contributed by atoms with Gasteiger partial charge in [0.15, 0.2) is 0 Å². The number of hydrogen-bond donors (Lipinski definition) is 0. The van der Waals surface area contributed by atoms with E-state index in [1.54, 1.807) is 4.90 Å². The quantitative estimate of drug-likeness (QED) is 0.868. The minimum Gasteiger partial charge on any atom is -0.376 e. The smallest absolute Gasteiger partial charge is 0.227 e. The Balaban J connectivity index is 1.63. The van der Waals surface area contributed by atoms with Crippen molar-refractivity contribution in [2.45, 2.75) is 26.0 Å². The maximum atomic E-state index is 12.4. The van der Waals surface area contributed by atoms with Crippen LogP contribution in [0.2, 0.25) is 0 Å². The fourth-order valence-corrected chi connectivity index (χ4v) is 2.78. The van der Waals surface area contributed by atoms with Crippen molar-refractivity contribution in [1.29, 1.82) is 0 Å². The fraction of sp³-hybridized carbons (Fsp3) is 0.316. The van der Waals surface area contributed by atoms with Crippen LogP contribution in [0.5, 0.6) is 0 Å². The average Bonchev–Trinajstić information content (AvgIpc) is 2.55. The van der Waals surface area contributed by atoms with Crippen LogP contribution in [-0.4, -0.2) is 24.5 Å². The highest BCUT2D eigenvalue weighted by Gasteiger charge is 2.13. The normalized spacial score (nSPS) is 13.5. The maximum Gasteiger partial charge on any atom is 0.227 e. The molecular weight excluding hydrogens is 274 g/mol. The molecular formula is C19H21NO2. The van der Waals surface area contributed by atoms with Gasteiger partial charge in [0.25, 0.3) is 0 Å². The van der Waals surface area contributed by atoms with Gasteiger partial charge in [-0.1, -0.05) is 48.5 Å². The van der Waals surface area contributed by atoms with Gasteiger partial charge in [-0.2, -0.15) is 0 Å². The number of hydrogen-bond acceptors (Lipinski definition) is 2. The Morgan fingerprint density at radius 2 is 1.91 bits per heavy atom. The lowest BCUT2D eigenvalue weighted by atomic mass is 9.99. The number of likely N-dealkylation sites (N-methyl/N-ethyl adjacent to an activating group) is 1. The van der Waals surface area contributed by atoms with Gasteiger partial charge in [-0.3, -0.25) is 4.79 Å². The number of rotatable bonds is 4. The molecule has 1 aliphatic heterocycles. The Morgan fingerprint density at radius 1 is 1.09 bits per heavy atom. The van der Waals surface area contributed by atoms with Gasteiger partial charge < -0.3 is 9.64 Å². The van der Waals surface area contributed by atoms with Crippen molar-refractivity contribution in [2.75, 3.05) is 13.7 Å². The molecule has 0 saturated heterocycles. The zero-order chi connectivity index (χ0) is 15.4. The summed E-state index contributed by atoms with van der Waals surface area (Å²) >= 11 is 0. The van der Waals surface area contributed by atoms with Crippen LogP contribution in [0.1, 0.15) is 22.3 Å². The molecule has 3 nitrogen and oxygen atoms in total. The van der Waals surface area contributed by atoms with Crippen molar-refractivity contribution in [3.63, 3.8) is 0 Å². The minimum atomic E-state index is 0.149. The molecule has 0 unspecified atom stereocenters. The number of nitrogens with zero attached hydrogens (tertiary/aromatic N) is 1. The number of amides is 1. The molecule has 0 N–H and O–H groups in total. The molecule has 0 bridgehead atoms. The van der Waals surface area contributed by atoms with Gasteiger partial charge in [0.1, 0.15) is 0 Å². The van der Waals surface area contributed by atoms with Crippen LogP contribution >= 0.6 is 0 Å². The Hall–Kier alpha value is -2.13. The monoisotopic (exact) mass is 295 g/mol. The molecule has 1 amide bonds. The van der Waals surface area contributed by atoms with Crippen LogP contribution in [-0.2, 0) is 35.5 Å². The molecule has 1 aliphatic rings. The number of carbonyl (C=O) groups excluding carboxylic acids is 1. The first-order valence-electron chi connectivity index (χ1n) is 7.69. The molecule has 2 aromatic carbocycles. The molecule has 0 saturated carbocycles. The predicted octanol–water partition coefficient (Wildman–Crippen LogP) is 2.96. The predicted molar refractivity (Wildman–Crippen MR) is 86.4 cm³/mol. The highest BCUT2D eigenvalue weighted by molar-refractivity contribution is 5.78. The van der Waals surface area contributed by atoms with E-state index in [0.717, 1.165) is 24.2 Å². The van der Waals surface area contributed by atoms with E-state index in [1.807, 2.05) is 43.4 Å². The van der Waals surface area contributed by atoms with Gasteiger partial charge in [-0.05, 0) is 28.7 Å². The summed E-state index contributed by atoms with van der Waals surface area (Å²) in [5.74, 6) is 0.149. The van der Waals surface area contributed by atoms with E-state index in [9.17, 15) is 4.79 Å². The average molecular weight is 295 g/mol. The topological polar surface area (TPSA) is 29.5 Å². The van der Waals surface area contributed by atoms with Crippen LogP contribution in [0.25, 0.3) is 0 Å². The van der Waals surface area contributed by atoms with E-state index in [1.165, 1.54) is 11.1 Å². The molecule has 0 aliphatic carbocycles. The summed E-state index contributed by atoms with van der Waals surface area (Å²) in [4.78, 5) is 14.2. The Kier molecular flexibility index (Phi) is 4.54. The van der Waals surface area contributed by atoms with Crippen LogP contribution < -0.4 is 0 Å². The van der Waals surface area contributed by atoms with Crippen molar-refractivity contribution in [2.24, 2.45) is 0 Å². The van der Waals surface area contributed by atoms with E-state index < -0.39 is 0 Å². The lowest BCUT2D eigenvalue weighted by Gasteiger charge is -2.19. The minimum absolute atomic E-state index is 0.149. The van der Waals surface area contributed by atoms with Crippen LogP contribution in [0, 0.1) is 0 Å². The second kappa shape index (κ2) is 6.75. The van der Waals surface area contributed by atoms with Crippen LogP contribution in [0.4, 0.5) is 0 Å². The molecule has 3 rings (SSSR count). The number of fused-ring (bicyclic) bond motifs is 1. The molecule has 0 atom stereocenters. The van der Waals surface area contributed by atoms with Gasteiger partial charge in [-0.25, -0.2) is 0 Å². The third-order valence-electron chi connectivity index (χ3n) is 4.09. The Morgan fingerprint density at radius 3 is 2.73 bits per heavy atom. The summed E-state index contributed by atoms with van der Waals surface area (Å²) in [6.45, 7) is 2.12. The van der Waals surface area contributed by atoms with Gasteiger partial charge >= 0.3 is 0 Å². The summed E-state index contributed by atoms with van der Waals surface area (Å²) in [7, 11) is 1.86. The summed E-state index contributed by atoms with van der Waals surface area (Å²) in [5.41, 5.74) is 4.81. The summed E-state index contributed by atoms with van der Waals surface area (Å²) in [6.07, 6.45) is 1.40. The van der Waals surface area contributed by atoms with Crippen molar-refractivity contribution in [3.8, 4) is 0 Å². The fourth-order valence-electron chi connectivity index (χ4n) is 2.78. The lowest BCUT2D eigenvalue weighted by molar-refractivity contribution is -0.129. The highest BCUT2D eigenvalue weighted by atomic mass is 16.5. The standard InChI is InChI=1S/C19H21NO2/c1-20(13-15-5-3-2-4-6-15)19(21)12-16-7-8-18-14-22-10-9-17(18)11-16/h2-8,11H,9-10,12-14H2,1H3. The van der Waals surface area contributed by atoms with Gasteiger partial charge in [0.2, 0.25) is 5.91 Å². The first-order valence-corrected chi connectivity index (χ1v) is 7.69. The largest absolute Gasteiger partial charge is 0.376 e. The molecule has 2 aromatic rings. The van der Waals surface area contributed by atoms with Gasteiger partial charge in [-0.15, -0.1) is 0 Å². The van der Waals surface area contributed by atoms with Crippen molar-refractivity contribution < 1.29 is 9.53 Å². The van der Waals surface area contributed by atoms with Crippen LogP contribution in [0.15, 0.2) is 48.5 Å². The van der Waals surface area contributed by atoms with E-state index >= 15 is 0 Å². The first kappa shape index (κ1) is 14.8. The lowest BCUT2D eigenvalue weighted by Crippen LogP contribution is -2.27. The molecule has 0 fully saturated rings. The van der Waals surface area contributed by atoms with Gasteiger partial charge in [0.05, 0.1) is 19.6 Å². The zero-order valence-electron chi connectivity index (χ0n) is 12.9. The van der Waals surface area contributed by atoms with E-state index in [0.29, 0.717) is 19.6 Å². The number of benzene rings is 2. The highest BCUT2D eigenvalue weighted by Crippen LogP contribution is 2.19. The van der Waals surface area contributed by atoms with Crippen LogP contribution in [0.3, 0.4) is 0 Å². The van der Waals surface area contributed by atoms with Gasteiger partial charge in [0, 0.05) is 13.6 Å².